The van der Waals surface area contributed by atoms with Crippen LogP contribution >= 0.6 is 0 Å². The summed E-state index contributed by atoms with van der Waals surface area (Å²) < 4.78 is 40.7. The average molecular weight is 554 g/mol. The van der Waals surface area contributed by atoms with E-state index in [1.54, 1.807) is 13.8 Å². The Kier molecular flexibility index (Phi) is 10.6. The Morgan fingerprint density at radius 3 is 2.27 bits per heavy atom. The molecule has 2 aromatic carbocycles. The molecule has 3 aromatic rings. The van der Waals surface area contributed by atoms with Gasteiger partial charge in [0.2, 0.25) is 6.79 Å². The van der Waals surface area contributed by atoms with Crippen LogP contribution in [0.15, 0.2) is 60.8 Å². The lowest BCUT2D eigenvalue weighted by molar-refractivity contribution is -0.157. The number of aromatic nitrogens is 1. The zero-order valence-electron chi connectivity index (χ0n) is 23.0. The number of Topliss-reactive ketones (excluding diaryl/α,β-unsaturated/α-hetero) is 1. The molecule has 3 atom stereocenters. The molecule has 0 aliphatic carbocycles. The molecule has 10 heteroatoms. The summed E-state index contributed by atoms with van der Waals surface area (Å²) in [5, 5.41) is 0. The van der Waals surface area contributed by atoms with Gasteiger partial charge in [-0.05, 0) is 43.7 Å². The molecule has 0 amide bonds. The van der Waals surface area contributed by atoms with Crippen molar-refractivity contribution in [2.45, 2.75) is 46.3 Å². The number of ether oxygens (including phenoxy) is 5. The number of hydrogen-bond acceptors (Lipinski definition) is 9. The number of halogens is 1. The van der Waals surface area contributed by atoms with Gasteiger partial charge in [0, 0.05) is 25.6 Å². The SMILES string of the molecule is COc1ccnc(C(=O)C[C@@H](C)C(=O)O[C@@H](C)[C@H](Oc2ccc(F)cc2)c2ccc(C)cc2)c1OCOC(C)=O. The van der Waals surface area contributed by atoms with E-state index in [0.29, 0.717) is 5.75 Å². The van der Waals surface area contributed by atoms with Gasteiger partial charge in [0.05, 0.1) is 13.0 Å². The van der Waals surface area contributed by atoms with Crippen molar-refractivity contribution in [3.8, 4) is 17.2 Å². The van der Waals surface area contributed by atoms with Gasteiger partial charge in [0.25, 0.3) is 0 Å². The van der Waals surface area contributed by atoms with E-state index in [9.17, 15) is 18.8 Å². The Labute approximate surface area is 232 Å². The maximum absolute atomic E-state index is 13.4. The second-order valence-electron chi connectivity index (χ2n) is 9.16. The molecule has 0 N–H and O–H groups in total. The summed E-state index contributed by atoms with van der Waals surface area (Å²) in [5.41, 5.74) is 1.73. The van der Waals surface area contributed by atoms with E-state index < -0.39 is 48.5 Å². The van der Waals surface area contributed by atoms with Crippen LogP contribution < -0.4 is 14.2 Å². The summed E-state index contributed by atoms with van der Waals surface area (Å²) in [6, 6.07) is 14.6. The van der Waals surface area contributed by atoms with E-state index in [1.807, 2.05) is 31.2 Å². The summed E-state index contributed by atoms with van der Waals surface area (Å²) in [6.45, 7) is 5.98. The van der Waals surface area contributed by atoms with Crippen LogP contribution in [-0.2, 0) is 19.1 Å². The third-order valence-corrected chi connectivity index (χ3v) is 5.92. The molecule has 0 unspecified atom stereocenters. The first kappa shape index (κ1) is 30.1. The first-order valence-electron chi connectivity index (χ1n) is 12.6. The Hall–Kier alpha value is -4.47. The standard InChI is InChI=1S/C30H32FNO8/c1-18-6-8-22(9-7-18)28(40-24-12-10-23(31)11-13-24)20(3)39-30(35)19(2)16-25(34)27-29(38-17-37-21(4)33)26(36-5)14-15-32-27/h6-15,19-20,28H,16-17H2,1-5H3/t19-,20+,28+/m1/s1. The number of aryl methyl sites for hydroxylation is 1. The molecule has 3 rings (SSSR count). The number of ketones is 1. The molecule has 9 nitrogen and oxygen atoms in total. The monoisotopic (exact) mass is 553 g/mol. The summed E-state index contributed by atoms with van der Waals surface area (Å²) >= 11 is 0. The molecule has 0 bridgehead atoms. The highest BCUT2D eigenvalue weighted by Gasteiger charge is 2.29. The van der Waals surface area contributed by atoms with Gasteiger partial charge in [-0.2, -0.15) is 0 Å². The van der Waals surface area contributed by atoms with Gasteiger partial charge < -0.3 is 23.7 Å². The van der Waals surface area contributed by atoms with Crippen LogP contribution in [0.5, 0.6) is 17.2 Å². The van der Waals surface area contributed by atoms with Crippen LogP contribution in [0.25, 0.3) is 0 Å². The number of esters is 2. The topological polar surface area (TPSA) is 110 Å². The van der Waals surface area contributed by atoms with Gasteiger partial charge in [0.1, 0.15) is 17.7 Å². The minimum atomic E-state index is -0.839. The number of hydrogen-bond donors (Lipinski definition) is 0. The first-order chi connectivity index (χ1) is 19.1. The molecular formula is C30H32FNO8. The highest BCUT2D eigenvalue weighted by atomic mass is 19.1. The van der Waals surface area contributed by atoms with Crippen molar-refractivity contribution in [3.05, 3.63) is 83.4 Å². The zero-order chi connectivity index (χ0) is 29.2. The lowest BCUT2D eigenvalue weighted by Gasteiger charge is -2.27. The highest BCUT2D eigenvalue weighted by Crippen LogP contribution is 2.32. The number of rotatable bonds is 13. The summed E-state index contributed by atoms with van der Waals surface area (Å²) in [7, 11) is 1.39. The van der Waals surface area contributed by atoms with Gasteiger partial charge in [0.15, 0.2) is 29.1 Å². The summed E-state index contributed by atoms with van der Waals surface area (Å²) in [4.78, 5) is 41.4. The van der Waals surface area contributed by atoms with Crippen LogP contribution in [0.3, 0.4) is 0 Å². The smallest absolute Gasteiger partial charge is 0.309 e. The minimum Gasteiger partial charge on any atom is -0.493 e. The number of methoxy groups -OCH3 is 1. The van der Waals surface area contributed by atoms with Crippen LogP contribution in [0, 0.1) is 18.7 Å². The first-order valence-corrected chi connectivity index (χ1v) is 12.6. The van der Waals surface area contributed by atoms with Gasteiger partial charge in [-0.25, -0.2) is 9.37 Å². The number of pyridine rings is 1. The van der Waals surface area contributed by atoms with Gasteiger partial charge in [-0.15, -0.1) is 0 Å². The van der Waals surface area contributed by atoms with Crippen molar-refractivity contribution < 1.29 is 42.5 Å². The molecule has 212 valence electrons. The van der Waals surface area contributed by atoms with Crippen molar-refractivity contribution in [1.29, 1.82) is 0 Å². The van der Waals surface area contributed by atoms with Gasteiger partial charge in [-0.3, -0.25) is 14.4 Å². The number of carbonyl (C=O) groups is 3. The molecular weight excluding hydrogens is 521 g/mol. The lowest BCUT2D eigenvalue weighted by Crippen LogP contribution is -2.30. The maximum atomic E-state index is 13.4. The second kappa shape index (κ2) is 14.1. The normalized spacial score (nSPS) is 12.9. The zero-order valence-corrected chi connectivity index (χ0v) is 23.0. The summed E-state index contributed by atoms with van der Waals surface area (Å²) in [6.07, 6.45) is -0.312. The third-order valence-electron chi connectivity index (χ3n) is 5.92. The molecule has 0 fully saturated rings. The van der Waals surface area contributed by atoms with E-state index in [0.717, 1.165) is 11.1 Å². The molecule has 0 aliphatic rings. The number of nitrogens with zero attached hydrogens (tertiary/aromatic N) is 1. The Morgan fingerprint density at radius 2 is 1.65 bits per heavy atom. The molecule has 1 heterocycles. The van der Waals surface area contributed by atoms with E-state index >= 15 is 0 Å². The number of carbonyl (C=O) groups excluding carboxylic acids is 3. The van der Waals surface area contributed by atoms with Crippen LogP contribution in [0.4, 0.5) is 4.39 Å². The van der Waals surface area contributed by atoms with Crippen LogP contribution in [0.1, 0.15) is 54.9 Å². The van der Waals surface area contributed by atoms with Crippen molar-refractivity contribution in [2.75, 3.05) is 13.9 Å². The molecule has 0 spiro atoms. The Morgan fingerprint density at radius 1 is 0.975 bits per heavy atom. The fourth-order valence-corrected chi connectivity index (χ4v) is 3.77. The van der Waals surface area contributed by atoms with Gasteiger partial charge >= 0.3 is 11.9 Å². The van der Waals surface area contributed by atoms with Crippen LogP contribution in [0.2, 0.25) is 0 Å². The van der Waals surface area contributed by atoms with E-state index in [2.05, 4.69) is 4.98 Å². The second-order valence-corrected chi connectivity index (χ2v) is 9.16. The Balaban J connectivity index is 1.73. The predicted octanol–water partition coefficient (Wildman–Crippen LogP) is 5.40. The molecule has 40 heavy (non-hydrogen) atoms. The average Bonchev–Trinajstić information content (AvgIpc) is 2.93. The van der Waals surface area contributed by atoms with E-state index in [1.165, 1.54) is 50.6 Å². The fourth-order valence-electron chi connectivity index (χ4n) is 3.77. The number of benzene rings is 2. The minimum absolute atomic E-state index is 0.00248. The van der Waals surface area contributed by atoms with Crippen LogP contribution in [-0.4, -0.2) is 42.7 Å². The van der Waals surface area contributed by atoms with Crippen molar-refractivity contribution in [3.63, 3.8) is 0 Å². The van der Waals surface area contributed by atoms with E-state index in [4.69, 9.17) is 23.7 Å². The Bertz CT molecular complexity index is 1310. The molecule has 0 radical (unpaired) electrons. The van der Waals surface area contributed by atoms with Crippen molar-refractivity contribution in [1.82, 2.24) is 4.98 Å². The maximum Gasteiger partial charge on any atom is 0.309 e. The summed E-state index contributed by atoms with van der Waals surface area (Å²) in [5.74, 6) is -2.29. The largest absolute Gasteiger partial charge is 0.493 e. The molecule has 0 aliphatic heterocycles. The third kappa shape index (κ3) is 8.26. The molecule has 0 saturated carbocycles. The highest BCUT2D eigenvalue weighted by molar-refractivity contribution is 5.99. The van der Waals surface area contributed by atoms with Crippen molar-refractivity contribution >= 4 is 17.7 Å². The fraction of sp³-hybridized carbons (Fsp3) is 0.333. The van der Waals surface area contributed by atoms with E-state index in [-0.39, 0.29) is 23.6 Å². The predicted molar refractivity (Wildman–Crippen MR) is 143 cm³/mol. The lowest BCUT2D eigenvalue weighted by atomic mass is 10.0. The quantitative estimate of drug-likeness (QED) is 0.156. The van der Waals surface area contributed by atoms with Gasteiger partial charge in [-0.1, -0.05) is 36.8 Å². The molecule has 0 saturated heterocycles. The molecule has 1 aromatic heterocycles. The van der Waals surface area contributed by atoms with Crippen molar-refractivity contribution in [2.24, 2.45) is 5.92 Å².